The molecule has 0 bridgehead atoms. The van der Waals surface area contributed by atoms with Crippen molar-refractivity contribution in [2.45, 2.75) is 19.0 Å². The highest BCUT2D eigenvalue weighted by molar-refractivity contribution is 7.99. The average molecular weight is 340 g/mol. The number of hydrogen-bond donors (Lipinski definition) is 2. The number of aromatic nitrogens is 2. The molecule has 1 heterocycles. The van der Waals surface area contributed by atoms with Crippen LogP contribution in [0.25, 0.3) is 11.0 Å². The summed E-state index contributed by atoms with van der Waals surface area (Å²) >= 11 is 1.41. The van der Waals surface area contributed by atoms with Gasteiger partial charge in [0.2, 0.25) is 5.91 Å². The van der Waals surface area contributed by atoms with E-state index in [1.54, 1.807) is 24.3 Å². The van der Waals surface area contributed by atoms with E-state index < -0.39 is 0 Å². The maximum atomic E-state index is 12.0. The number of carbonyl (C=O) groups is 2. The van der Waals surface area contributed by atoms with Gasteiger partial charge in [-0.15, -0.1) is 0 Å². The number of fused-ring (bicyclic) bond motifs is 1. The second-order valence-electron chi connectivity index (χ2n) is 5.60. The molecule has 0 radical (unpaired) electrons. The lowest BCUT2D eigenvalue weighted by Gasteiger charge is -2.04. The largest absolute Gasteiger partial charge is 0.325 e. The molecule has 6 heteroatoms. The molecular formula is C18H18N3O2S+. The summed E-state index contributed by atoms with van der Waals surface area (Å²) in [5.74, 6) is 0.198. The van der Waals surface area contributed by atoms with E-state index in [0.29, 0.717) is 11.3 Å². The van der Waals surface area contributed by atoms with Crippen LogP contribution in [-0.2, 0) is 4.79 Å². The van der Waals surface area contributed by atoms with Crippen molar-refractivity contribution in [2.24, 2.45) is 0 Å². The summed E-state index contributed by atoms with van der Waals surface area (Å²) in [5.41, 5.74) is 4.54. The highest BCUT2D eigenvalue weighted by atomic mass is 32.2. The van der Waals surface area contributed by atoms with Gasteiger partial charge < -0.3 is 5.32 Å². The normalized spacial score (nSPS) is 10.8. The van der Waals surface area contributed by atoms with Crippen LogP contribution in [0.5, 0.6) is 0 Å². The number of anilines is 1. The van der Waals surface area contributed by atoms with E-state index in [-0.39, 0.29) is 17.4 Å². The molecule has 0 fully saturated rings. The Morgan fingerprint density at radius 2 is 1.92 bits per heavy atom. The fourth-order valence-corrected chi connectivity index (χ4v) is 3.05. The summed E-state index contributed by atoms with van der Waals surface area (Å²) in [7, 11) is 0. The highest BCUT2D eigenvalue weighted by Crippen LogP contribution is 2.17. The summed E-state index contributed by atoms with van der Waals surface area (Å²) in [5, 5.41) is 3.67. The van der Waals surface area contributed by atoms with Crippen molar-refractivity contribution >= 4 is 40.2 Å². The Bertz CT molecular complexity index is 900. The van der Waals surface area contributed by atoms with Gasteiger partial charge in [-0.25, -0.2) is 9.97 Å². The number of thioether (sulfide) groups is 1. The van der Waals surface area contributed by atoms with E-state index in [2.05, 4.69) is 21.4 Å². The predicted octanol–water partition coefficient (Wildman–Crippen LogP) is 3.22. The Kier molecular flexibility index (Phi) is 4.66. The third-order valence-electron chi connectivity index (χ3n) is 3.59. The van der Waals surface area contributed by atoms with Crippen LogP contribution >= 0.6 is 11.8 Å². The van der Waals surface area contributed by atoms with Crippen LogP contribution in [0.1, 0.15) is 22.8 Å². The molecule has 0 saturated heterocycles. The Morgan fingerprint density at radius 1 is 1.17 bits per heavy atom. The van der Waals surface area contributed by atoms with Gasteiger partial charge in [0.25, 0.3) is 0 Å². The zero-order chi connectivity index (χ0) is 17.1. The number of nitrogens with one attached hydrogen (secondary N) is 3. The van der Waals surface area contributed by atoms with Gasteiger partial charge in [0.15, 0.2) is 16.8 Å². The number of aromatic amines is 2. The summed E-state index contributed by atoms with van der Waals surface area (Å²) in [6, 6.07) is 13.0. The smallest absolute Gasteiger partial charge is 0.315 e. The molecule has 0 aliphatic rings. The SMILES string of the molecule is CC(=O)c1ccc(NC(=O)CSc2[nH]c3cc(C)ccc3[nH+]2)cc1. The van der Waals surface area contributed by atoms with E-state index in [4.69, 9.17) is 0 Å². The standard InChI is InChI=1S/C18H17N3O2S/c1-11-3-8-15-16(9-11)21-18(20-15)24-10-17(23)19-14-6-4-13(5-7-14)12(2)22/h3-9H,10H2,1-2H3,(H,19,23)(H,20,21)/p+1. The maximum absolute atomic E-state index is 12.0. The van der Waals surface area contributed by atoms with E-state index >= 15 is 0 Å². The predicted molar refractivity (Wildman–Crippen MR) is 95.4 cm³/mol. The van der Waals surface area contributed by atoms with Crippen LogP contribution in [0.15, 0.2) is 47.6 Å². The second-order valence-corrected chi connectivity index (χ2v) is 6.58. The fraction of sp³-hybridized carbons (Fsp3) is 0.167. The molecule has 0 saturated carbocycles. The van der Waals surface area contributed by atoms with E-state index in [0.717, 1.165) is 16.2 Å². The van der Waals surface area contributed by atoms with Gasteiger partial charge in [-0.2, -0.15) is 0 Å². The van der Waals surface area contributed by atoms with Crippen molar-refractivity contribution in [3.05, 3.63) is 53.6 Å². The first-order chi connectivity index (χ1) is 11.5. The molecule has 3 aromatic rings. The van der Waals surface area contributed by atoms with Crippen LogP contribution in [0.4, 0.5) is 5.69 Å². The van der Waals surface area contributed by atoms with Gasteiger partial charge in [0.1, 0.15) is 0 Å². The molecule has 5 nitrogen and oxygen atoms in total. The van der Waals surface area contributed by atoms with Crippen LogP contribution in [0.3, 0.4) is 0 Å². The lowest BCUT2D eigenvalue weighted by atomic mass is 10.1. The van der Waals surface area contributed by atoms with E-state index in [1.165, 1.54) is 24.2 Å². The number of aryl methyl sites for hydroxylation is 1. The molecular weight excluding hydrogens is 322 g/mol. The number of Topliss-reactive ketones (excluding diaryl/α,β-unsaturated/α-hetero) is 1. The molecule has 0 aliphatic heterocycles. The lowest BCUT2D eigenvalue weighted by molar-refractivity contribution is -0.396. The molecule has 1 amide bonds. The topological polar surface area (TPSA) is 76.1 Å². The number of ketones is 1. The van der Waals surface area contributed by atoms with Gasteiger partial charge >= 0.3 is 5.16 Å². The Morgan fingerprint density at radius 3 is 2.62 bits per heavy atom. The van der Waals surface area contributed by atoms with E-state index in [9.17, 15) is 9.59 Å². The van der Waals surface area contributed by atoms with Gasteiger partial charge in [0, 0.05) is 11.3 Å². The minimum Gasteiger partial charge on any atom is -0.325 e. The molecule has 1 aromatic heterocycles. The fourth-order valence-electron chi connectivity index (χ4n) is 2.34. The van der Waals surface area contributed by atoms with Crippen molar-refractivity contribution in [3.8, 4) is 0 Å². The third-order valence-corrected chi connectivity index (χ3v) is 4.49. The van der Waals surface area contributed by atoms with Gasteiger partial charge in [0.05, 0.1) is 5.75 Å². The number of amides is 1. The van der Waals surface area contributed by atoms with E-state index in [1.807, 2.05) is 19.1 Å². The molecule has 3 rings (SSSR count). The minimum atomic E-state index is -0.0983. The Balaban J connectivity index is 1.59. The van der Waals surface area contributed by atoms with Crippen molar-refractivity contribution < 1.29 is 14.6 Å². The molecule has 0 unspecified atom stereocenters. The van der Waals surface area contributed by atoms with Gasteiger partial charge in [-0.1, -0.05) is 6.07 Å². The monoisotopic (exact) mass is 340 g/mol. The number of imidazole rings is 1. The van der Waals surface area contributed by atoms with Crippen molar-refractivity contribution in [1.29, 1.82) is 0 Å². The number of benzene rings is 2. The lowest BCUT2D eigenvalue weighted by Crippen LogP contribution is -2.15. The minimum absolute atomic E-state index is 0.00742. The van der Waals surface area contributed by atoms with Crippen molar-refractivity contribution in [1.82, 2.24) is 4.98 Å². The third kappa shape index (κ3) is 3.83. The molecule has 0 atom stereocenters. The van der Waals surface area contributed by atoms with Crippen LogP contribution in [0.2, 0.25) is 0 Å². The molecule has 0 spiro atoms. The summed E-state index contributed by atoms with van der Waals surface area (Å²) in [4.78, 5) is 29.8. The Labute approximate surface area is 143 Å². The quantitative estimate of drug-likeness (QED) is 0.553. The summed E-state index contributed by atoms with van der Waals surface area (Å²) < 4.78 is 0. The second kappa shape index (κ2) is 6.88. The first-order valence-electron chi connectivity index (χ1n) is 7.56. The zero-order valence-electron chi connectivity index (χ0n) is 13.5. The Hall–Kier alpha value is -2.60. The molecule has 122 valence electrons. The number of hydrogen-bond acceptors (Lipinski definition) is 3. The van der Waals surface area contributed by atoms with Crippen LogP contribution in [0, 0.1) is 6.92 Å². The average Bonchev–Trinajstić information content (AvgIpc) is 2.95. The number of carbonyl (C=O) groups excluding carboxylic acids is 2. The molecule has 2 aromatic carbocycles. The van der Waals surface area contributed by atoms with Crippen LogP contribution in [-0.4, -0.2) is 22.4 Å². The zero-order valence-corrected chi connectivity index (χ0v) is 14.3. The molecule has 0 aliphatic carbocycles. The van der Waals surface area contributed by atoms with Crippen molar-refractivity contribution in [3.63, 3.8) is 0 Å². The van der Waals surface area contributed by atoms with Gasteiger partial charge in [-0.05, 0) is 67.6 Å². The first-order valence-corrected chi connectivity index (χ1v) is 8.55. The van der Waals surface area contributed by atoms with Gasteiger partial charge in [-0.3, -0.25) is 9.59 Å². The number of H-pyrrole nitrogens is 2. The highest BCUT2D eigenvalue weighted by Gasteiger charge is 2.13. The first kappa shape index (κ1) is 16.3. The maximum Gasteiger partial charge on any atom is 0.315 e. The van der Waals surface area contributed by atoms with Crippen molar-refractivity contribution in [2.75, 3.05) is 11.1 Å². The molecule has 24 heavy (non-hydrogen) atoms. The number of rotatable bonds is 5. The summed E-state index contributed by atoms with van der Waals surface area (Å²) in [6.07, 6.45) is 0. The molecule has 3 N–H and O–H groups in total. The summed E-state index contributed by atoms with van der Waals surface area (Å²) in [6.45, 7) is 3.56. The van der Waals surface area contributed by atoms with Crippen LogP contribution < -0.4 is 10.3 Å².